The number of β-lactam (4-membered cyclic amide) rings is 1. The Balaban J connectivity index is 1.65. The number of methoxy groups -OCH3 is 1. The van der Waals surface area contributed by atoms with E-state index in [1.54, 1.807) is 30.3 Å². The van der Waals surface area contributed by atoms with Crippen molar-refractivity contribution in [1.29, 1.82) is 0 Å². The second-order valence-electron chi connectivity index (χ2n) is 6.96. The summed E-state index contributed by atoms with van der Waals surface area (Å²) < 4.78 is 10.7. The fourth-order valence-electron chi connectivity index (χ4n) is 3.60. The van der Waals surface area contributed by atoms with Gasteiger partial charge < -0.3 is 14.4 Å². The highest BCUT2D eigenvalue weighted by Crippen LogP contribution is 2.47. The number of thioether (sulfide) groups is 1. The van der Waals surface area contributed by atoms with Crippen molar-refractivity contribution in [3.05, 3.63) is 57.1 Å². The van der Waals surface area contributed by atoms with Gasteiger partial charge in [0.15, 0.2) is 12.4 Å². The predicted octanol–water partition coefficient (Wildman–Crippen LogP) is 3.49. The van der Waals surface area contributed by atoms with E-state index in [4.69, 9.17) is 4.74 Å². The summed E-state index contributed by atoms with van der Waals surface area (Å²) in [6, 6.07) is 6.63. The van der Waals surface area contributed by atoms with Crippen molar-refractivity contribution < 1.29 is 28.7 Å². The summed E-state index contributed by atoms with van der Waals surface area (Å²) in [6.07, 6.45) is 3.87. The molecule has 9 heteroatoms. The van der Waals surface area contributed by atoms with Crippen LogP contribution >= 0.6 is 27.7 Å². The molecule has 1 aromatic carbocycles. The van der Waals surface area contributed by atoms with Crippen LogP contribution in [0.15, 0.2) is 51.5 Å². The number of rotatable bonds is 9. The molecule has 2 unspecified atom stereocenters. The van der Waals surface area contributed by atoms with Crippen molar-refractivity contribution in [3.8, 4) is 0 Å². The Morgan fingerprint density at radius 3 is 2.61 bits per heavy atom. The lowest BCUT2D eigenvalue weighted by molar-refractivity contribution is -0.156. The van der Waals surface area contributed by atoms with E-state index < -0.39 is 18.5 Å². The number of nitrogens with zero attached hydrogens (tertiary/aromatic N) is 1. The number of ether oxygens (including phenoxy) is 2. The summed E-state index contributed by atoms with van der Waals surface area (Å²) in [5.41, 5.74) is 0.675. The predicted molar refractivity (Wildman–Crippen MR) is 119 cm³/mol. The number of carbonyl (C=O) groups excluding carboxylic acids is 4. The first-order valence-corrected chi connectivity index (χ1v) is 11.5. The topological polar surface area (TPSA) is 90.0 Å². The molecular formula is C22H22BrNO6S. The molecule has 0 bridgehead atoms. The normalized spacial score (nSPS) is 20.0. The van der Waals surface area contributed by atoms with Crippen molar-refractivity contribution in [2.45, 2.75) is 25.8 Å². The average Bonchev–Trinajstić information content (AvgIpc) is 3.10. The van der Waals surface area contributed by atoms with Crippen molar-refractivity contribution in [3.63, 3.8) is 0 Å². The van der Waals surface area contributed by atoms with Gasteiger partial charge in [0.2, 0.25) is 5.91 Å². The Morgan fingerprint density at radius 2 is 1.97 bits per heavy atom. The second-order valence-corrected chi connectivity index (χ2v) is 9.23. The number of halogens is 1. The van der Waals surface area contributed by atoms with Crippen LogP contribution in [0.25, 0.3) is 0 Å². The van der Waals surface area contributed by atoms with Gasteiger partial charge in [-0.3, -0.25) is 9.59 Å². The van der Waals surface area contributed by atoms with E-state index in [9.17, 15) is 19.2 Å². The molecule has 0 radical (unpaired) electrons. The molecule has 2 atom stereocenters. The number of hydrogen-bond acceptors (Lipinski definition) is 7. The number of carbonyl (C=O) groups is 4. The highest BCUT2D eigenvalue weighted by molar-refractivity contribution is 9.10. The van der Waals surface area contributed by atoms with Gasteiger partial charge in [-0.15, -0.1) is 11.8 Å². The summed E-state index contributed by atoms with van der Waals surface area (Å²) in [7, 11) is 1.29. The van der Waals surface area contributed by atoms with E-state index in [-0.39, 0.29) is 29.3 Å². The van der Waals surface area contributed by atoms with Gasteiger partial charge in [-0.2, -0.15) is 0 Å². The molecule has 1 fully saturated rings. The minimum absolute atomic E-state index is 0.145. The Morgan fingerprint density at radius 1 is 1.26 bits per heavy atom. The van der Waals surface area contributed by atoms with Crippen molar-refractivity contribution in [2.75, 3.05) is 19.5 Å². The first-order valence-electron chi connectivity index (χ1n) is 9.76. The van der Waals surface area contributed by atoms with Gasteiger partial charge in [-0.25, -0.2) is 9.59 Å². The van der Waals surface area contributed by atoms with Crippen molar-refractivity contribution in [2.24, 2.45) is 5.92 Å². The Bertz CT molecular complexity index is 955. The molecule has 0 saturated carbocycles. The van der Waals surface area contributed by atoms with Crippen LogP contribution in [0.4, 0.5) is 0 Å². The zero-order valence-electron chi connectivity index (χ0n) is 17.1. The third-order valence-corrected chi connectivity index (χ3v) is 6.63. The van der Waals surface area contributed by atoms with E-state index in [0.717, 1.165) is 15.1 Å². The van der Waals surface area contributed by atoms with E-state index in [1.165, 1.54) is 29.8 Å². The highest BCUT2D eigenvalue weighted by atomic mass is 79.9. The number of esters is 2. The molecule has 0 aliphatic carbocycles. The van der Waals surface area contributed by atoms with E-state index in [2.05, 4.69) is 20.7 Å². The van der Waals surface area contributed by atoms with Gasteiger partial charge >= 0.3 is 11.9 Å². The molecule has 0 aromatic heterocycles. The molecular weight excluding hydrogens is 486 g/mol. The van der Waals surface area contributed by atoms with Crippen LogP contribution in [0.2, 0.25) is 0 Å². The zero-order valence-corrected chi connectivity index (χ0v) is 19.5. The van der Waals surface area contributed by atoms with Crippen LogP contribution in [0.5, 0.6) is 0 Å². The Hall–Kier alpha value is -2.39. The molecule has 164 valence electrons. The van der Waals surface area contributed by atoms with Crippen LogP contribution in [-0.2, 0) is 23.9 Å². The maximum Gasteiger partial charge on any atom is 0.356 e. The molecule has 3 rings (SSSR count). The number of ketones is 1. The van der Waals surface area contributed by atoms with E-state index in [1.807, 2.05) is 6.92 Å². The molecule has 7 nitrogen and oxygen atoms in total. The summed E-state index contributed by atoms with van der Waals surface area (Å²) in [6.45, 7) is 1.57. The molecule has 1 saturated heterocycles. The fraction of sp³-hybridized carbons (Fsp3) is 0.364. The van der Waals surface area contributed by atoms with Crippen LogP contribution in [0, 0.1) is 5.92 Å². The number of benzene rings is 1. The number of allylic oxidation sites excluding steroid dienone is 1. The third kappa shape index (κ3) is 5.10. The van der Waals surface area contributed by atoms with Crippen LogP contribution in [-0.4, -0.2) is 54.0 Å². The lowest BCUT2D eigenvalue weighted by atomic mass is 9.84. The zero-order chi connectivity index (χ0) is 22.5. The lowest BCUT2D eigenvalue weighted by Gasteiger charge is -2.43. The maximum absolute atomic E-state index is 12.8. The lowest BCUT2D eigenvalue weighted by Crippen LogP contribution is -2.58. The standard InChI is InChI=1S/C22H22BrNO6S/c1-3-31-18-11-16-15(5-4-6-19(26)29-2)21(27)24(16)20(18)22(28)30-12-17(25)13-7-9-14(23)10-8-13/h4,6-10,15-16H,3,5,11-12H2,1-2H3. The molecule has 0 N–H and O–H groups in total. The Labute approximate surface area is 193 Å². The molecule has 2 aliphatic heterocycles. The summed E-state index contributed by atoms with van der Waals surface area (Å²) >= 11 is 4.80. The third-order valence-electron chi connectivity index (χ3n) is 5.11. The van der Waals surface area contributed by atoms with Gasteiger partial charge in [0.25, 0.3) is 0 Å². The van der Waals surface area contributed by atoms with E-state index in [0.29, 0.717) is 18.4 Å². The summed E-state index contributed by atoms with van der Waals surface area (Å²) in [5.74, 6) is -1.20. The van der Waals surface area contributed by atoms with Crippen molar-refractivity contribution in [1.82, 2.24) is 4.90 Å². The Kier molecular flexibility index (Phi) is 7.72. The maximum atomic E-state index is 12.8. The number of fused-ring (bicyclic) bond motifs is 1. The highest BCUT2D eigenvalue weighted by Gasteiger charge is 2.54. The van der Waals surface area contributed by atoms with Gasteiger partial charge in [-0.05, 0) is 24.3 Å². The quantitative estimate of drug-likeness (QED) is 0.218. The molecule has 2 aliphatic rings. The SMILES string of the molecule is CCSC1=C(C(=O)OCC(=O)c2ccc(Br)cc2)N2C(=O)C(CC=CC(=O)OC)C2C1. The monoisotopic (exact) mass is 507 g/mol. The summed E-state index contributed by atoms with van der Waals surface area (Å²) in [4.78, 5) is 51.3. The minimum atomic E-state index is -0.666. The second kappa shape index (κ2) is 10.3. The molecule has 2 heterocycles. The van der Waals surface area contributed by atoms with Gasteiger partial charge in [0.1, 0.15) is 5.70 Å². The van der Waals surface area contributed by atoms with Gasteiger partial charge in [0.05, 0.1) is 19.1 Å². The molecule has 1 amide bonds. The van der Waals surface area contributed by atoms with Crippen molar-refractivity contribution >= 4 is 51.3 Å². The number of Topliss-reactive ketones (excluding diaryl/α,β-unsaturated/α-hetero) is 1. The fourth-order valence-corrected chi connectivity index (χ4v) is 4.82. The average molecular weight is 508 g/mol. The number of amides is 1. The number of hydrogen-bond donors (Lipinski definition) is 0. The smallest absolute Gasteiger partial charge is 0.356 e. The molecule has 31 heavy (non-hydrogen) atoms. The first kappa shape index (κ1) is 23.3. The molecule has 0 spiro atoms. The van der Waals surface area contributed by atoms with E-state index >= 15 is 0 Å². The van der Waals surface area contributed by atoms with Crippen LogP contribution < -0.4 is 0 Å². The van der Waals surface area contributed by atoms with Gasteiger partial charge in [0, 0.05) is 27.4 Å². The van der Waals surface area contributed by atoms with Gasteiger partial charge in [-0.1, -0.05) is 41.1 Å². The molecule has 1 aromatic rings. The summed E-state index contributed by atoms with van der Waals surface area (Å²) in [5, 5.41) is 0. The first-order chi connectivity index (χ1) is 14.9. The minimum Gasteiger partial charge on any atom is -0.466 e. The van der Waals surface area contributed by atoms with Crippen LogP contribution in [0.1, 0.15) is 30.1 Å². The van der Waals surface area contributed by atoms with Crippen LogP contribution in [0.3, 0.4) is 0 Å². The largest absolute Gasteiger partial charge is 0.466 e.